The van der Waals surface area contributed by atoms with Gasteiger partial charge < -0.3 is 15.4 Å². The maximum Gasteiger partial charge on any atom is 0.242 e. The number of anilines is 1. The minimum atomic E-state index is -0.362. The lowest BCUT2D eigenvalue weighted by atomic mass is 10.2. The third kappa shape index (κ3) is 4.09. The summed E-state index contributed by atoms with van der Waals surface area (Å²) in [4.78, 5) is 12.3. The molecule has 1 amide bonds. The van der Waals surface area contributed by atoms with E-state index in [1.54, 1.807) is 30.8 Å². The monoisotopic (exact) mass is 370 g/mol. The first-order chi connectivity index (χ1) is 12.9. The normalized spacial score (nSPS) is 12.4. The molecule has 3 rings (SSSR count). The van der Waals surface area contributed by atoms with Gasteiger partial charge in [0.1, 0.15) is 11.6 Å². The van der Waals surface area contributed by atoms with Crippen molar-refractivity contribution in [2.24, 2.45) is 0 Å². The molecule has 6 nitrogen and oxygen atoms in total. The number of hydrogen-bond acceptors (Lipinski definition) is 4. The van der Waals surface area contributed by atoms with E-state index in [2.05, 4.69) is 15.7 Å². The molecule has 142 valence electrons. The van der Waals surface area contributed by atoms with Gasteiger partial charge in [-0.3, -0.25) is 4.79 Å². The summed E-state index contributed by atoms with van der Waals surface area (Å²) >= 11 is 0. The van der Waals surface area contributed by atoms with Crippen molar-refractivity contribution >= 4 is 22.6 Å². The largest absolute Gasteiger partial charge is 0.491 e. The Labute approximate surface area is 157 Å². The highest BCUT2D eigenvalue weighted by Crippen LogP contribution is 2.30. The molecule has 0 fully saturated rings. The highest BCUT2D eigenvalue weighted by atomic mass is 19.1. The molecule has 0 spiro atoms. The molecule has 1 aromatic heterocycles. The summed E-state index contributed by atoms with van der Waals surface area (Å²) in [6, 6.07) is 11.2. The van der Waals surface area contributed by atoms with Gasteiger partial charge in [-0.05, 0) is 64.2 Å². The average molecular weight is 370 g/mol. The predicted octanol–water partition coefficient (Wildman–Crippen LogP) is 3.50. The van der Waals surface area contributed by atoms with Crippen LogP contribution in [0.4, 0.5) is 10.2 Å². The van der Waals surface area contributed by atoms with E-state index in [1.807, 2.05) is 32.0 Å². The topological polar surface area (TPSA) is 68.2 Å². The van der Waals surface area contributed by atoms with Gasteiger partial charge in [-0.15, -0.1) is 5.10 Å². The molecule has 2 aromatic carbocycles. The van der Waals surface area contributed by atoms with E-state index in [1.165, 1.54) is 12.1 Å². The second kappa shape index (κ2) is 7.75. The molecule has 7 heteroatoms. The summed E-state index contributed by atoms with van der Waals surface area (Å²) in [5, 5.41) is 11.1. The van der Waals surface area contributed by atoms with Crippen LogP contribution in [0.1, 0.15) is 20.8 Å². The number of halogens is 1. The second-order valence-corrected chi connectivity index (χ2v) is 6.58. The molecule has 1 heterocycles. The van der Waals surface area contributed by atoms with E-state index in [0.29, 0.717) is 17.3 Å². The Morgan fingerprint density at radius 2 is 1.85 bits per heavy atom. The summed E-state index contributed by atoms with van der Waals surface area (Å²) in [6.45, 7) is 5.67. The Balaban J connectivity index is 2.10. The molecule has 1 atom stereocenters. The standard InChI is InChI=1S/C20H23FN4O2/c1-12(2)27-16-9-10-17-18(11-16)25(15-7-5-14(21)6-8-15)24-19(17)23-20(26)13(3)22-4/h5-13,22H,1-4H3,(H,23,24,26)/t13-/m0/s1. The molecule has 0 aliphatic heterocycles. The first-order valence-electron chi connectivity index (χ1n) is 8.82. The van der Waals surface area contributed by atoms with Gasteiger partial charge in [-0.1, -0.05) is 0 Å². The molecular formula is C20H23FN4O2. The molecular weight excluding hydrogens is 347 g/mol. The van der Waals surface area contributed by atoms with Crippen LogP contribution in [0.15, 0.2) is 42.5 Å². The van der Waals surface area contributed by atoms with Crippen LogP contribution in [0.3, 0.4) is 0 Å². The predicted molar refractivity (Wildman–Crippen MR) is 104 cm³/mol. The molecule has 3 aromatic rings. The number of ether oxygens (including phenoxy) is 1. The maximum atomic E-state index is 13.3. The Morgan fingerprint density at radius 1 is 1.15 bits per heavy atom. The fourth-order valence-corrected chi connectivity index (χ4v) is 2.67. The van der Waals surface area contributed by atoms with E-state index in [-0.39, 0.29) is 23.9 Å². The highest BCUT2D eigenvalue weighted by molar-refractivity contribution is 6.02. The van der Waals surface area contributed by atoms with Crippen molar-refractivity contribution in [1.82, 2.24) is 15.1 Å². The van der Waals surface area contributed by atoms with Crippen LogP contribution in [-0.4, -0.2) is 34.9 Å². The van der Waals surface area contributed by atoms with Gasteiger partial charge in [-0.25, -0.2) is 9.07 Å². The van der Waals surface area contributed by atoms with Crippen molar-refractivity contribution in [3.05, 3.63) is 48.3 Å². The molecule has 0 unspecified atom stereocenters. The van der Waals surface area contributed by atoms with Crippen LogP contribution >= 0.6 is 0 Å². The summed E-state index contributed by atoms with van der Waals surface area (Å²) in [5.41, 5.74) is 1.44. The molecule has 27 heavy (non-hydrogen) atoms. The Kier molecular flexibility index (Phi) is 5.41. The molecule has 0 aliphatic carbocycles. The third-order valence-electron chi connectivity index (χ3n) is 4.16. The third-order valence-corrected chi connectivity index (χ3v) is 4.16. The SMILES string of the molecule is CN[C@@H](C)C(=O)Nc1nn(-c2ccc(F)cc2)c2cc(OC(C)C)ccc12. The first-order valence-corrected chi connectivity index (χ1v) is 8.82. The number of amides is 1. The van der Waals surface area contributed by atoms with Crippen LogP contribution in [-0.2, 0) is 4.79 Å². The van der Waals surface area contributed by atoms with Crippen molar-refractivity contribution in [1.29, 1.82) is 0 Å². The van der Waals surface area contributed by atoms with Gasteiger partial charge >= 0.3 is 0 Å². The van der Waals surface area contributed by atoms with Crippen LogP contribution < -0.4 is 15.4 Å². The number of rotatable bonds is 6. The van der Waals surface area contributed by atoms with Gasteiger partial charge in [0.2, 0.25) is 5.91 Å². The van der Waals surface area contributed by atoms with Crippen LogP contribution in [0.2, 0.25) is 0 Å². The van der Waals surface area contributed by atoms with Gasteiger partial charge in [0, 0.05) is 11.5 Å². The molecule has 0 saturated carbocycles. The number of likely N-dealkylation sites (N-methyl/N-ethyl adjacent to an activating group) is 1. The lowest BCUT2D eigenvalue weighted by molar-refractivity contribution is -0.117. The lowest BCUT2D eigenvalue weighted by Crippen LogP contribution is -2.35. The fourth-order valence-electron chi connectivity index (χ4n) is 2.67. The zero-order valence-corrected chi connectivity index (χ0v) is 15.8. The Morgan fingerprint density at radius 3 is 2.48 bits per heavy atom. The van der Waals surface area contributed by atoms with E-state index in [0.717, 1.165) is 10.9 Å². The summed E-state index contributed by atoms with van der Waals surface area (Å²) < 4.78 is 20.8. The summed E-state index contributed by atoms with van der Waals surface area (Å²) in [7, 11) is 1.72. The molecule has 0 aliphatic rings. The fraction of sp³-hybridized carbons (Fsp3) is 0.300. The van der Waals surface area contributed by atoms with Gasteiger partial charge in [-0.2, -0.15) is 0 Å². The molecule has 0 radical (unpaired) electrons. The number of nitrogens with zero attached hydrogens (tertiary/aromatic N) is 2. The number of benzene rings is 2. The number of nitrogens with one attached hydrogen (secondary N) is 2. The van der Waals surface area contributed by atoms with Gasteiger partial charge in [0.15, 0.2) is 5.82 Å². The smallest absolute Gasteiger partial charge is 0.242 e. The maximum absolute atomic E-state index is 13.3. The van der Waals surface area contributed by atoms with E-state index in [4.69, 9.17) is 4.74 Å². The highest BCUT2D eigenvalue weighted by Gasteiger charge is 2.18. The lowest BCUT2D eigenvalue weighted by Gasteiger charge is -2.10. The number of fused-ring (bicyclic) bond motifs is 1. The van der Waals surface area contributed by atoms with Crippen molar-refractivity contribution < 1.29 is 13.9 Å². The molecule has 2 N–H and O–H groups in total. The minimum Gasteiger partial charge on any atom is -0.491 e. The summed E-state index contributed by atoms with van der Waals surface area (Å²) in [6.07, 6.45) is 0.0280. The van der Waals surface area contributed by atoms with Crippen LogP contribution in [0.5, 0.6) is 5.75 Å². The second-order valence-electron chi connectivity index (χ2n) is 6.58. The molecule has 0 bridgehead atoms. The number of hydrogen-bond donors (Lipinski definition) is 2. The molecule has 0 saturated heterocycles. The quantitative estimate of drug-likeness (QED) is 0.697. The first kappa shape index (κ1) is 18.8. The van der Waals surface area contributed by atoms with E-state index < -0.39 is 0 Å². The van der Waals surface area contributed by atoms with Gasteiger partial charge in [0.05, 0.1) is 23.3 Å². The average Bonchev–Trinajstić information content (AvgIpc) is 2.99. The number of carbonyl (C=O) groups is 1. The van der Waals surface area contributed by atoms with E-state index in [9.17, 15) is 9.18 Å². The van der Waals surface area contributed by atoms with Crippen LogP contribution in [0.25, 0.3) is 16.6 Å². The Bertz CT molecular complexity index is 951. The van der Waals surface area contributed by atoms with Gasteiger partial charge in [0.25, 0.3) is 0 Å². The Hall–Kier alpha value is -2.93. The van der Waals surface area contributed by atoms with Crippen LogP contribution in [0, 0.1) is 5.82 Å². The minimum absolute atomic E-state index is 0.0280. The zero-order valence-electron chi connectivity index (χ0n) is 15.8. The number of aromatic nitrogens is 2. The van der Waals surface area contributed by atoms with Crippen molar-refractivity contribution in [3.63, 3.8) is 0 Å². The van der Waals surface area contributed by atoms with E-state index >= 15 is 0 Å². The van der Waals surface area contributed by atoms with Crippen molar-refractivity contribution in [2.45, 2.75) is 32.9 Å². The van der Waals surface area contributed by atoms with Crippen molar-refractivity contribution in [2.75, 3.05) is 12.4 Å². The zero-order chi connectivity index (χ0) is 19.6. The number of carbonyl (C=O) groups excluding carboxylic acids is 1. The summed E-state index contributed by atoms with van der Waals surface area (Å²) in [5.74, 6) is 0.626. The van der Waals surface area contributed by atoms with Crippen molar-refractivity contribution in [3.8, 4) is 11.4 Å².